The minimum absolute atomic E-state index is 0.156. The van der Waals surface area contributed by atoms with Crippen molar-refractivity contribution in [3.63, 3.8) is 0 Å². The summed E-state index contributed by atoms with van der Waals surface area (Å²) in [5, 5.41) is 2.70. The van der Waals surface area contributed by atoms with E-state index in [0.29, 0.717) is 11.6 Å². The maximum atomic E-state index is 12.0. The van der Waals surface area contributed by atoms with Gasteiger partial charge in [-0.1, -0.05) is 18.2 Å². The lowest BCUT2D eigenvalue weighted by atomic mass is 10.2. The van der Waals surface area contributed by atoms with E-state index in [9.17, 15) is 4.79 Å². The van der Waals surface area contributed by atoms with E-state index in [2.05, 4.69) is 59.3 Å². The third-order valence-electron chi connectivity index (χ3n) is 4.48. The van der Waals surface area contributed by atoms with Crippen LogP contribution in [0, 0.1) is 0 Å². The minimum atomic E-state index is -0.328. The molecule has 1 N–H and O–H groups in total. The third-order valence-corrected chi connectivity index (χ3v) is 4.48. The van der Waals surface area contributed by atoms with Crippen molar-refractivity contribution < 1.29 is 9.53 Å². The number of para-hydroxylation sites is 1. The molecule has 1 amide bonds. The summed E-state index contributed by atoms with van der Waals surface area (Å²) in [5.41, 5.74) is 1.74. The molecule has 9 heteroatoms. The lowest BCUT2D eigenvalue weighted by Crippen LogP contribution is -2.47. The zero-order valence-electron chi connectivity index (χ0n) is 15.8. The van der Waals surface area contributed by atoms with E-state index in [4.69, 9.17) is 4.74 Å². The first kappa shape index (κ1) is 18.6. The topological polar surface area (TPSA) is 96.4 Å². The predicted molar refractivity (Wildman–Crippen MR) is 109 cm³/mol. The highest BCUT2D eigenvalue weighted by Gasteiger charge is 2.19. The number of benzene rings is 1. The number of nitrogens with one attached hydrogen (secondary N) is 1. The number of hydrogen-bond donors (Lipinski definition) is 1. The molecule has 0 bridgehead atoms. The van der Waals surface area contributed by atoms with Gasteiger partial charge in [0.15, 0.2) is 6.61 Å². The number of amides is 1. The SMILES string of the molecule is O=C(COc1ncccn1)Nc1cnc(N2CCN(c3ccccc3)CC2)nc1. The van der Waals surface area contributed by atoms with Crippen molar-refractivity contribution >= 4 is 23.2 Å². The zero-order chi connectivity index (χ0) is 19.9. The van der Waals surface area contributed by atoms with E-state index in [1.807, 2.05) is 6.07 Å². The molecule has 2 aromatic heterocycles. The summed E-state index contributed by atoms with van der Waals surface area (Å²) in [6, 6.07) is 12.2. The Bertz CT molecular complexity index is 915. The van der Waals surface area contributed by atoms with E-state index in [1.54, 1.807) is 30.9 Å². The molecule has 9 nitrogen and oxygen atoms in total. The number of nitrogens with zero attached hydrogens (tertiary/aromatic N) is 6. The standard InChI is InChI=1S/C20H21N7O2/c28-18(15-29-20-21-7-4-8-22-20)25-16-13-23-19(24-14-16)27-11-9-26(10-12-27)17-5-2-1-3-6-17/h1-8,13-14H,9-12,15H2,(H,25,28). The van der Waals surface area contributed by atoms with Crippen LogP contribution in [-0.4, -0.2) is 58.6 Å². The van der Waals surface area contributed by atoms with E-state index in [-0.39, 0.29) is 18.5 Å². The van der Waals surface area contributed by atoms with Gasteiger partial charge in [0.2, 0.25) is 5.95 Å². The monoisotopic (exact) mass is 391 g/mol. The Hall–Kier alpha value is -3.75. The van der Waals surface area contributed by atoms with Gasteiger partial charge in [-0.25, -0.2) is 19.9 Å². The molecule has 0 radical (unpaired) electrons. The first-order valence-corrected chi connectivity index (χ1v) is 9.34. The van der Waals surface area contributed by atoms with Crippen molar-refractivity contribution in [2.24, 2.45) is 0 Å². The van der Waals surface area contributed by atoms with Crippen molar-refractivity contribution in [3.05, 3.63) is 61.2 Å². The Morgan fingerprint density at radius 1 is 0.897 bits per heavy atom. The van der Waals surface area contributed by atoms with Crippen molar-refractivity contribution in [3.8, 4) is 6.01 Å². The summed E-state index contributed by atoms with van der Waals surface area (Å²) >= 11 is 0. The highest BCUT2D eigenvalue weighted by atomic mass is 16.5. The van der Waals surface area contributed by atoms with Crippen LogP contribution >= 0.6 is 0 Å². The number of piperazine rings is 1. The fourth-order valence-corrected chi connectivity index (χ4v) is 3.04. The van der Waals surface area contributed by atoms with Crippen LogP contribution in [0.4, 0.5) is 17.3 Å². The molecule has 0 spiro atoms. The molecule has 0 atom stereocenters. The fourth-order valence-electron chi connectivity index (χ4n) is 3.04. The smallest absolute Gasteiger partial charge is 0.316 e. The normalized spacial score (nSPS) is 13.8. The molecule has 3 heterocycles. The maximum Gasteiger partial charge on any atom is 0.316 e. The van der Waals surface area contributed by atoms with Crippen molar-refractivity contribution in [1.29, 1.82) is 0 Å². The van der Waals surface area contributed by atoms with E-state index >= 15 is 0 Å². The average molecular weight is 391 g/mol. The van der Waals surface area contributed by atoms with Gasteiger partial charge in [0, 0.05) is 44.3 Å². The van der Waals surface area contributed by atoms with Gasteiger partial charge in [0.05, 0.1) is 18.1 Å². The Balaban J connectivity index is 1.26. The highest BCUT2D eigenvalue weighted by Crippen LogP contribution is 2.18. The van der Waals surface area contributed by atoms with Gasteiger partial charge in [0.1, 0.15) is 0 Å². The van der Waals surface area contributed by atoms with Gasteiger partial charge in [0.25, 0.3) is 5.91 Å². The Morgan fingerprint density at radius 2 is 1.55 bits per heavy atom. The maximum absolute atomic E-state index is 12.0. The molecule has 4 rings (SSSR count). The van der Waals surface area contributed by atoms with Crippen molar-refractivity contribution in [2.75, 3.05) is 47.9 Å². The molecular formula is C20H21N7O2. The van der Waals surface area contributed by atoms with Crippen LogP contribution in [-0.2, 0) is 4.79 Å². The van der Waals surface area contributed by atoms with Crippen LogP contribution in [0.15, 0.2) is 61.2 Å². The molecule has 3 aromatic rings. The summed E-state index contributed by atoms with van der Waals surface area (Å²) in [6.07, 6.45) is 6.30. The molecular weight excluding hydrogens is 370 g/mol. The first-order valence-electron chi connectivity index (χ1n) is 9.34. The lowest BCUT2D eigenvalue weighted by molar-refractivity contribution is -0.118. The quantitative estimate of drug-likeness (QED) is 0.677. The summed E-state index contributed by atoms with van der Waals surface area (Å²) in [5.74, 6) is 0.329. The summed E-state index contributed by atoms with van der Waals surface area (Å²) in [7, 11) is 0. The third kappa shape index (κ3) is 4.95. The number of hydrogen-bond acceptors (Lipinski definition) is 8. The number of carbonyl (C=O) groups excluding carboxylic acids is 1. The van der Waals surface area contributed by atoms with Crippen LogP contribution in [0.1, 0.15) is 0 Å². The van der Waals surface area contributed by atoms with E-state index in [1.165, 1.54) is 5.69 Å². The second-order valence-corrected chi connectivity index (χ2v) is 6.45. The molecule has 0 saturated carbocycles. The van der Waals surface area contributed by atoms with Gasteiger partial charge in [-0.15, -0.1) is 0 Å². The first-order chi connectivity index (χ1) is 14.3. The van der Waals surface area contributed by atoms with Crippen LogP contribution in [0.2, 0.25) is 0 Å². The number of rotatable bonds is 6. The molecule has 148 valence electrons. The molecule has 0 aliphatic carbocycles. The summed E-state index contributed by atoms with van der Waals surface area (Å²) in [6.45, 7) is 3.31. The van der Waals surface area contributed by atoms with E-state index < -0.39 is 0 Å². The fraction of sp³-hybridized carbons (Fsp3) is 0.250. The van der Waals surface area contributed by atoms with Gasteiger partial charge >= 0.3 is 6.01 Å². The van der Waals surface area contributed by atoms with Gasteiger partial charge in [-0.05, 0) is 18.2 Å². The predicted octanol–water partition coefficient (Wildman–Crippen LogP) is 1.61. The molecule has 1 saturated heterocycles. The Morgan fingerprint density at radius 3 is 2.24 bits per heavy atom. The lowest BCUT2D eigenvalue weighted by Gasteiger charge is -2.36. The van der Waals surface area contributed by atoms with Crippen LogP contribution in [0.5, 0.6) is 6.01 Å². The van der Waals surface area contributed by atoms with Crippen LogP contribution < -0.4 is 19.9 Å². The molecule has 1 aliphatic rings. The zero-order valence-corrected chi connectivity index (χ0v) is 15.8. The summed E-state index contributed by atoms with van der Waals surface area (Å²) in [4.78, 5) is 33.0. The Labute approximate surface area is 168 Å². The molecule has 1 fully saturated rings. The minimum Gasteiger partial charge on any atom is -0.453 e. The van der Waals surface area contributed by atoms with Crippen molar-refractivity contribution in [1.82, 2.24) is 19.9 Å². The van der Waals surface area contributed by atoms with E-state index in [0.717, 1.165) is 26.2 Å². The number of aromatic nitrogens is 4. The van der Waals surface area contributed by atoms with Gasteiger partial charge in [-0.3, -0.25) is 4.79 Å². The molecule has 1 aromatic carbocycles. The van der Waals surface area contributed by atoms with Gasteiger partial charge in [-0.2, -0.15) is 0 Å². The number of carbonyl (C=O) groups is 1. The Kier molecular flexibility index (Phi) is 5.75. The number of ether oxygens (including phenoxy) is 1. The molecule has 1 aliphatic heterocycles. The van der Waals surface area contributed by atoms with Gasteiger partial charge < -0.3 is 19.9 Å². The van der Waals surface area contributed by atoms with Crippen LogP contribution in [0.25, 0.3) is 0 Å². The van der Waals surface area contributed by atoms with Crippen LogP contribution in [0.3, 0.4) is 0 Å². The average Bonchev–Trinajstić information content (AvgIpc) is 2.80. The summed E-state index contributed by atoms with van der Waals surface area (Å²) < 4.78 is 5.22. The second kappa shape index (κ2) is 8.96. The highest BCUT2D eigenvalue weighted by molar-refractivity contribution is 5.91. The van der Waals surface area contributed by atoms with Crippen molar-refractivity contribution in [2.45, 2.75) is 0 Å². The second-order valence-electron chi connectivity index (χ2n) is 6.45. The largest absolute Gasteiger partial charge is 0.453 e. The molecule has 29 heavy (non-hydrogen) atoms. The number of anilines is 3. The molecule has 0 unspecified atom stereocenters.